The summed E-state index contributed by atoms with van der Waals surface area (Å²) in [4.78, 5) is 17.8. The molecule has 0 unspecified atom stereocenters. The van der Waals surface area contributed by atoms with E-state index in [1.165, 1.54) is 0 Å². The van der Waals surface area contributed by atoms with Gasteiger partial charge in [-0.3, -0.25) is 10.4 Å². The molecular weight excluding hydrogens is 346 g/mol. The van der Waals surface area contributed by atoms with Crippen LogP contribution in [0.4, 0.5) is 17.6 Å². The predicted octanol–water partition coefficient (Wildman–Crippen LogP) is 0.991. The number of nitrogens with zero attached hydrogens (tertiary/aromatic N) is 6. The molecule has 0 radical (unpaired) electrons. The maximum atomic E-state index is 5.46. The molecule has 4 rings (SSSR count). The summed E-state index contributed by atoms with van der Waals surface area (Å²) in [6, 6.07) is 5.71. The molecule has 0 aliphatic carbocycles. The van der Waals surface area contributed by atoms with Crippen LogP contribution in [0.3, 0.4) is 0 Å². The molecule has 2 aromatic rings. The van der Waals surface area contributed by atoms with Crippen LogP contribution in [-0.2, 0) is 9.47 Å². The lowest BCUT2D eigenvalue weighted by Gasteiger charge is -2.31. The lowest BCUT2D eigenvalue weighted by Crippen LogP contribution is -2.39. The fraction of sp³-hybridized carbons (Fsp3) is 0.444. The number of anilines is 3. The number of aromatic nitrogens is 3. The van der Waals surface area contributed by atoms with Crippen LogP contribution < -0.4 is 15.2 Å². The van der Waals surface area contributed by atoms with E-state index < -0.39 is 0 Å². The first-order valence-electron chi connectivity index (χ1n) is 9.12. The highest BCUT2D eigenvalue weighted by atomic mass is 16.5. The molecule has 2 saturated heterocycles. The standard InChI is InChI=1S/C18H23N7O2/c1-3-19-4-2-15(1)14-20-23-16-13-17(24-5-9-26-10-6-24)22-18(21-16)25-7-11-27-12-8-25/h1-4,13-14H,5-12H2,(H,21,22,23)/b20-14-. The van der Waals surface area contributed by atoms with Crippen LogP contribution in [0.2, 0.25) is 0 Å². The fourth-order valence-corrected chi connectivity index (χ4v) is 2.96. The molecule has 0 bridgehead atoms. The molecule has 0 aromatic carbocycles. The highest BCUT2D eigenvalue weighted by Gasteiger charge is 2.19. The lowest BCUT2D eigenvalue weighted by atomic mass is 10.3. The Balaban J connectivity index is 1.55. The Morgan fingerprint density at radius 2 is 1.59 bits per heavy atom. The largest absolute Gasteiger partial charge is 0.378 e. The summed E-state index contributed by atoms with van der Waals surface area (Å²) in [5.74, 6) is 2.25. The minimum atomic E-state index is 0.665. The molecule has 2 aromatic heterocycles. The SMILES string of the molecule is C(=N/Nc1cc(N2CCOCC2)nc(N2CCOCC2)n1)/c1ccncc1. The van der Waals surface area contributed by atoms with Gasteiger partial charge in [0.25, 0.3) is 0 Å². The van der Waals surface area contributed by atoms with Gasteiger partial charge in [-0.05, 0) is 17.7 Å². The summed E-state index contributed by atoms with van der Waals surface area (Å²) in [7, 11) is 0. The van der Waals surface area contributed by atoms with Crippen LogP contribution in [0, 0.1) is 0 Å². The van der Waals surface area contributed by atoms with Gasteiger partial charge in [-0.1, -0.05) is 0 Å². The molecule has 1 N–H and O–H groups in total. The average Bonchev–Trinajstić information content (AvgIpc) is 2.76. The van der Waals surface area contributed by atoms with Crippen molar-refractivity contribution in [1.82, 2.24) is 15.0 Å². The minimum Gasteiger partial charge on any atom is -0.378 e. The van der Waals surface area contributed by atoms with E-state index >= 15 is 0 Å². The van der Waals surface area contributed by atoms with Crippen molar-refractivity contribution in [2.45, 2.75) is 0 Å². The van der Waals surface area contributed by atoms with E-state index in [-0.39, 0.29) is 0 Å². The topological polar surface area (TPSA) is 88.0 Å². The quantitative estimate of drug-likeness (QED) is 0.617. The van der Waals surface area contributed by atoms with E-state index in [0.717, 1.165) is 37.6 Å². The first-order valence-corrected chi connectivity index (χ1v) is 9.12. The summed E-state index contributed by atoms with van der Waals surface area (Å²) in [5.41, 5.74) is 4.00. The molecule has 9 heteroatoms. The van der Waals surface area contributed by atoms with Crippen LogP contribution >= 0.6 is 0 Å². The van der Waals surface area contributed by atoms with Crippen molar-refractivity contribution >= 4 is 23.8 Å². The molecule has 2 aliphatic heterocycles. The van der Waals surface area contributed by atoms with Gasteiger partial charge in [0, 0.05) is 44.6 Å². The smallest absolute Gasteiger partial charge is 0.229 e. The molecule has 2 aliphatic rings. The Morgan fingerprint density at radius 3 is 2.30 bits per heavy atom. The summed E-state index contributed by atoms with van der Waals surface area (Å²) < 4.78 is 10.9. The summed E-state index contributed by atoms with van der Waals surface area (Å²) in [6.45, 7) is 6.00. The molecule has 142 valence electrons. The molecule has 2 fully saturated rings. The summed E-state index contributed by atoms with van der Waals surface area (Å²) >= 11 is 0. The van der Waals surface area contributed by atoms with Gasteiger partial charge in [0.15, 0.2) is 5.82 Å². The van der Waals surface area contributed by atoms with Crippen LogP contribution in [0.1, 0.15) is 5.56 Å². The normalized spacial score (nSPS) is 18.1. The third-order valence-electron chi connectivity index (χ3n) is 4.43. The second-order valence-electron chi connectivity index (χ2n) is 6.26. The summed E-state index contributed by atoms with van der Waals surface area (Å²) in [5, 5.41) is 4.30. The van der Waals surface area contributed by atoms with Crippen molar-refractivity contribution < 1.29 is 9.47 Å². The predicted molar refractivity (Wildman–Crippen MR) is 104 cm³/mol. The third-order valence-corrected chi connectivity index (χ3v) is 4.43. The third kappa shape index (κ3) is 4.69. The van der Waals surface area contributed by atoms with Crippen LogP contribution in [0.15, 0.2) is 35.7 Å². The van der Waals surface area contributed by atoms with Crippen molar-refractivity contribution in [1.29, 1.82) is 0 Å². The molecule has 0 amide bonds. The van der Waals surface area contributed by atoms with E-state index in [9.17, 15) is 0 Å². The van der Waals surface area contributed by atoms with Crippen molar-refractivity contribution in [3.63, 3.8) is 0 Å². The van der Waals surface area contributed by atoms with Gasteiger partial charge in [0.1, 0.15) is 5.82 Å². The van der Waals surface area contributed by atoms with Crippen molar-refractivity contribution in [2.24, 2.45) is 5.10 Å². The van der Waals surface area contributed by atoms with Crippen molar-refractivity contribution in [3.8, 4) is 0 Å². The molecule has 4 heterocycles. The Hall–Kier alpha value is -2.78. The van der Waals surface area contributed by atoms with Crippen LogP contribution in [-0.4, -0.2) is 73.8 Å². The minimum absolute atomic E-state index is 0.665. The zero-order chi connectivity index (χ0) is 18.3. The van der Waals surface area contributed by atoms with Gasteiger partial charge in [-0.15, -0.1) is 0 Å². The number of hydrazone groups is 1. The zero-order valence-electron chi connectivity index (χ0n) is 15.1. The first kappa shape index (κ1) is 17.6. The van der Waals surface area contributed by atoms with Crippen molar-refractivity contribution in [3.05, 3.63) is 36.2 Å². The van der Waals surface area contributed by atoms with Crippen LogP contribution in [0.25, 0.3) is 0 Å². The van der Waals surface area contributed by atoms with E-state index in [0.29, 0.717) is 38.2 Å². The first-order chi connectivity index (χ1) is 13.4. The number of morpholine rings is 2. The molecule has 9 nitrogen and oxygen atoms in total. The van der Waals surface area contributed by atoms with Gasteiger partial charge >= 0.3 is 0 Å². The average molecular weight is 369 g/mol. The Kier molecular flexibility index (Phi) is 5.70. The maximum absolute atomic E-state index is 5.46. The van der Waals surface area contributed by atoms with Gasteiger partial charge in [-0.25, -0.2) is 0 Å². The zero-order valence-corrected chi connectivity index (χ0v) is 15.1. The second kappa shape index (κ2) is 8.74. The van der Waals surface area contributed by atoms with Gasteiger partial charge in [0.05, 0.1) is 32.6 Å². The Labute approximate surface area is 158 Å². The van der Waals surface area contributed by atoms with Crippen LogP contribution in [0.5, 0.6) is 0 Å². The van der Waals surface area contributed by atoms with E-state index in [1.54, 1.807) is 18.6 Å². The molecule has 0 atom stereocenters. The number of ether oxygens (including phenoxy) is 2. The highest BCUT2D eigenvalue weighted by molar-refractivity contribution is 5.79. The number of nitrogens with one attached hydrogen (secondary N) is 1. The number of hydrogen-bond acceptors (Lipinski definition) is 9. The second-order valence-corrected chi connectivity index (χ2v) is 6.26. The molecule has 0 saturated carbocycles. The summed E-state index contributed by atoms with van der Waals surface area (Å²) in [6.07, 6.45) is 5.21. The maximum Gasteiger partial charge on any atom is 0.229 e. The number of rotatable bonds is 5. The number of hydrogen-bond donors (Lipinski definition) is 1. The van der Waals surface area contributed by atoms with E-state index in [4.69, 9.17) is 14.5 Å². The van der Waals surface area contributed by atoms with Gasteiger partial charge in [0.2, 0.25) is 5.95 Å². The van der Waals surface area contributed by atoms with Gasteiger partial charge < -0.3 is 19.3 Å². The Bertz CT molecular complexity index is 723. The monoisotopic (exact) mass is 369 g/mol. The molecule has 0 spiro atoms. The van der Waals surface area contributed by atoms with Gasteiger partial charge in [-0.2, -0.15) is 15.1 Å². The molecular formula is C18H23N7O2. The fourth-order valence-electron chi connectivity index (χ4n) is 2.96. The molecule has 27 heavy (non-hydrogen) atoms. The Morgan fingerprint density at radius 1 is 0.926 bits per heavy atom. The highest BCUT2D eigenvalue weighted by Crippen LogP contribution is 2.22. The lowest BCUT2D eigenvalue weighted by molar-refractivity contribution is 0.121. The van der Waals surface area contributed by atoms with E-state index in [2.05, 4.69) is 30.3 Å². The van der Waals surface area contributed by atoms with E-state index in [1.807, 2.05) is 18.2 Å². The number of pyridine rings is 1. The van der Waals surface area contributed by atoms with Crippen molar-refractivity contribution in [2.75, 3.05) is 67.8 Å².